The molecule has 0 amide bonds. The Morgan fingerprint density at radius 3 is 2.29 bits per heavy atom. The average Bonchev–Trinajstić information content (AvgIpc) is 2.08. The Morgan fingerprint density at radius 1 is 1.14 bits per heavy atom. The number of rotatable bonds is 8. The summed E-state index contributed by atoms with van der Waals surface area (Å²) in [6.07, 6.45) is 4.40. The first kappa shape index (κ1) is 13.6. The molecule has 14 heavy (non-hydrogen) atoms. The predicted molar refractivity (Wildman–Crippen MR) is 54.8 cm³/mol. The molecule has 0 aliphatic heterocycles. The van der Waals surface area contributed by atoms with Crippen molar-refractivity contribution in [3.63, 3.8) is 0 Å². The van der Waals surface area contributed by atoms with Crippen LogP contribution in [0.15, 0.2) is 0 Å². The summed E-state index contributed by atoms with van der Waals surface area (Å²) in [6, 6.07) is 0. The summed E-state index contributed by atoms with van der Waals surface area (Å²) in [4.78, 5) is 11.1. The molecule has 0 aliphatic carbocycles. The molecule has 0 rings (SSSR count). The molecule has 0 saturated carbocycles. The lowest BCUT2D eigenvalue weighted by molar-refractivity contribution is -0.118. The number of carbonyl (C=O) groups excluding carboxylic acids is 1. The maximum atomic E-state index is 11.1. The van der Waals surface area contributed by atoms with Gasteiger partial charge in [-0.05, 0) is 6.42 Å². The third kappa shape index (κ3) is 9.67. The highest BCUT2D eigenvalue weighted by Crippen LogP contribution is 2.04. The number of hydrogen-bond donors (Lipinski definition) is 1. The minimum atomic E-state index is -3.98. The summed E-state index contributed by atoms with van der Waals surface area (Å²) in [6.45, 7) is 2.08. The molecule has 0 aromatic rings. The van der Waals surface area contributed by atoms with Gasteiger partial charge in [0.25, 0.3) is 10.1 Å². The van der Waals surface area contributed by atoms with Gasteiger partial charge in [-0.25, -0.2) is 0 Å². The molecule has 0 bridgehead atoms. The molecule has 0 unspecified atom stereocenters. The van der Waals surface area contributed by atoms with Crippen LogP contribution in [0.3, 0.4) is 0 Å². The lowest BCUT2D eigenvalue weighted by Crippen LogP contribution is -2.09. The van der Waals surface area contributed by atoms with Crippen LogP contribution in [0, 0.1) is 0 Å². The Morgan fingerprint density at radius 2 is 1.79 bits per heavy atom. The van der Waals surface area contributed by atoms with Gasteiger partial charge in [0.2, 0.25) is 0 Å². The minimum absolute atomic E-state index is 0.0645. The van der Waals surface area contributed by atoms with Crippen molar-refractivity contribution in [3.8, 4) is 0 Å². The highest BCUT2D eigenvalue weighted by atomic mass is 32.2. The van der Waals surface area contributed by atoms with Crippen LogP contribution in [-0.4, -0.2) is 24.5 Å². The number of hydrogen-bond acceptors (Lipinski definition) is 3. The zero-order chi connectivity index (χ0) is 11.0. The van der Waals surface area contributed by atoms with Gasteiger partial charge < -0.3 is 0 Å². The number of unbranched alkanes of at least 4 members (excludes halogenated alkanes) is 3. The molecule has 0 saturated heterocycles. The van der Waals surface area contributed by atoms with Gasteiger partial charge in [-0.2, -0.15) is 8.42 Å². The van der Waals surface area contributed by atoms with Gasteiger partial charge in [-0.15, -0.1) is 0 Å². The summed E-state index contributed by atoms with van der Waals surface area (Å²) in [5.74, 6) is -0.529. The maximum Gasteiger partial charge on any atom is 0.265 e. The van der Waals surface area contributed by atoms with Crippen LogP contribution in [-0.2, 0) is 14.9 Å². The monoisotopic (exact) mass is 222 g/mol. The van der Waals surface area contributed by atoms with Gasteiger partial charge in [-0.1, -0.05) is 26.2 Å². The van der Waals surface area contributed by atoms with E-state index in [0.717, 1.165) is 25.7 Å². The van der Waals surface area contributed by atoms with Crippen LogP contribution in [0.5, 0.6) is 0 Å². The minimum Gasteiger partial charge on any atom is -0.300 e. The summed E-state index contributed by atoms with van der Waals surface area (Å²) in [7, 11) is -3.98. The van der Waals surface area contributed by atoms with E-state index in [0.29, 0.717) is 6.42 Å². The van der Waals surface area contributed by atoms with Crippen molar-refractivity contribution in [2.75, 3.05) is 5.75 Å². The van der Waals surface area contributed by atoms with Crippen molar-refractivity contribution in [3.05, 3.63) is 0 Å². The van der Waals surface area contributed by atoms with Crippen LogP contribution in [0.1, 0.15) is 45.4 Å². The van der Waals surface area contributed by atoms with E-state index in [2.05, 4.69) is 6.92 Å². The lowest BCUT2D eigenvalue weighted by Gasteiger charge is -1.99. The van der Waals surface area contributed by atoms with Crippen molar-refractivity contribution in [2.45, 2.75) is 45.4 Å². The normalized spacial score (nSPS) is 11.6. The van der Waals surface area contributed by atoms with Crippen molar-refractivity contribution >= 4 is 15.9 Å². The Kier molecular flexibility index (Phi) is 6.74. The van der Waals surface area contributed by atoms with Crippen LogP contribution in [0.4, 0.5) is 0 Å². The average molecular weight is 222 g/mol. The first-order valence-electron chi connectivity index (χ1n) is 4.92. The molecule has 0 atom stereocenters. The quantitative estimate of drug-likeness (QED) is 0.502. The van der Waals surface area contributed by atoms with E-state index >= 15 is 0 Å². The number of ketones is 1. The third-order valence-electron chi connectivity index (χ3n) is 1.95. The first-order valence-corrected chi connectivity index (χ1v) is 6.53. The van der Waals surface area contributed by atoms with E-state index in [4.69, 9.17) is 4.55 Å². The topological polar surface area (TPSA) is 71.4 Å². The fourth-order valence-corrected chi connectivity index (χ4v) is 1.60. The molecule has 0 radical (unpaired) electrons. The van der Waals surface area contributed by atoms with Crippen LogP contribution in [0.2, 0.25) is 0 Å². The van der Waals surface area contributed by atoms with Crippen molar-refractivity contribution in [1.29, 1.82) is 0 Å². The molecule has 0 aromatic heterocycles. The van der Waals surface area contributed by atoms with Crippen molar-refractivity contribution < 1.29 is 17.8 Å². The van der Waals surface area contributed by atoms with Gasteiger partial charge in [0.05, 0.1) is 5.75 Å². The summed E-state index contributed by atoms with van der Waals surface area (Å²) in [5.41, 5.74) is 0. The van der Waals surface area contributed by atoms with Crippen molar-refractivity contribution in [2.24, 2.45) is 0 Å². The first-order chi connectivity index (χ1) is 6.45. The molecule has 1 N–H and O–H groups in total. The molecule has 5 heteroatoms. The highest BCUT2D eigenvalue weighted by Gasteiger charge is 2.08. The highest BCUT2D eigenvalue weighted by molar-refractivity contribution is 7.85. The SMILES string of the molecule is CCCCCCC(=O)CCS(=O)(=O)O. The Balaban J connectivity index is 3.47. The maximum absolute atomic E-state index is 11.1. The van der Waals surface area contributed by atoms with Crippen molar-refractivity contribution in [1.82, 2.24) is 0 Å². The Labute approximate surface area is 85.4 Å². The standard InChI is InChI=1S/C9H18O4S/c1-2-3-4-5-6-9(10)7-8-14(11,12)13/h2-8H2,1H3,(H,11,12,13). The molecule has 0 spiro atoms. The molecule has 0 aliphatic rings. The zero-order valence-electron chi connectivity index (χ0n) is 8.53. The summed E-state index contributed by atoms with van der Waals surface area (Å²) in [5, 5.41) is 0. The van der Waals surface area contributed by atoms with Gasteiger partial charge in [0.15, 0.2) is 0 Å². The van der Waals surface area contributed by atoms with Gasteiger partial charge >= 0.3 is 0 Å². The van der Waals surface area contributed by atoms with Gasteiger partial charge in [0, 0.05) is 12.8 Å². The van der Waals surface area contributed by atoms with Gasteiger partial charge in [0.1, 0.15) is 5.78 Å². The van der Waals surface area contributed by atoms with Crippen LogP contribution < -0.4 is 0 Å². The number of Topliss-reactive ketones (excluding diaryl/α,β-unsaturated/α-hetero) is 1. The third-order valence-corrected chi connectivity index (χ3v) is 2.67. The van der Waals surface area contributed by atoms with E-state index < -0.39 is 15.9 Å². The largest absolute Gasteiger partial charge is 0.300 e. The molecular formula is C9H18O4S. The molecular weight excluding hydrogens is 204 g/mol. The molecule has 84 valence electrons. The van der Waals surface area contributed by atoms with E-state index in [1.54, 1.807) is 0 Å². The zero-order valence-corrected chi connectivity index (χ0v) is 9.35. The fourth-order valence-electron chi connectivity index (χ4n) is 1.12. The smallest absolute Gasteiger partial charge is 0.265 e. The van der Waals surface area contributed by atoms with Crippen LogP contribution >= 0.6 is 0 Å². The van der Waals surface area contributed by atoms with Gasteiger partial charge in [-0.3, -0.25) is 9.35 Å². The Bertz CT molecular complexity index is 256. The lowest BCUT2D eigenvalue weighted by atomic mass is 10.1. The van der Waals surface area contributed by atoms with E-state index in [1.807, 2.05) is 0 Å². The summed E-state index contributed by atoms with van der Waals surface area (Å²) >= 11 is 0. The second-order valence-electron chi connectivity index (χ2n) is 3.39. The Hall–Kier alpha value is -0.420. The summed E-state index contributed by atoms with van der Waals surface area (Å²) < 4.78 is 29.0. The van der Waals surface area contributed by atoms with E-state index in [1.165, 1.54) is 0 Å². The second kappa shape index (κ2) is 6.95. The predicted octanol–water partition coefficient (Wildman–Crippen LogP) is 1.80. The number of carbonyl (C=O) groups is 1. The molecule has 0 heterocycles. The van der Waals surface area contributed by atoms with E-state index in [-0.39, 0.29) is 12.2 Å². The molecule has 0 fully saturated rings. The fraction of sp³-hybridized carbons (Fsp3) is 0.889. The molecule has 0 aromatic carbocycles. The second-order valence-corrected chi connectivity index (χ2v) is 4.96. The van der Waals surface area contributed by atoms with Crippen LogP contribution in [0.25, 0.3) is 0 Å². The van der Waals surface area contributed by atoms with E-state index in [9.17, 15) is 13.2 Å². The molecule has 4 nitrogen and oxygen atoms in total.